The SMILES string of the molecule is CCC(CSC)NC(=O)CC(N)=NO. The van der Waals surface area contributed by atoms with Crippen molar-refractivity contribution in [1.82, 2.24) is 5.32 Å². The molecule has 1 atom stereocenters. The summed E-state index contributed by atoms with van der Waals surface area (Å²) in [6, 6.07) is 0.156. The Morgan fingerprint density at radius 3 is 2.79 bits per heavy atom. The van der Waals surface area contributed by atoms with E-state index in [0.29, 0.717) is 0 Å². The first-order valence-corrected chi connectivity index (χ1v) is 5.78. The van der Waals surface area contributed by atoms with Gasteiger partial charge in [-0.1, -0.05) is 12.1 Å². The molecule has 0 heterocycles. The van der Waals surface area contributed by atoms with Crippen molar-refractivity contribution in [3.8, 4) is 0 Å². The van der Waals surface area contributed by atoms with Crippen LogP contribution in [0.1, 0.15) is 19.8 Å². The normalized spacial score (nSPS) is 13.7. The molecule has 0 aromatic carbocycles. The molecule has 0 aliphatic rings. The van der Waals surface area contributed by atoms with E-state index in [9.17, 15) is 4.79 Å². The first-order valence-electron chi connectivity index (χ1n) is 4.38. The summed E-state index contributed by atoms with van der Waals surface area (Å²) < 4.78 is 0. The highest BCUT2D eigenvalue weighted by Crippen LogP contribution is 2.01. The Bertz CT molecular complexity index is 209. The lowest BCUT2D eigenvalue weighted by Gasteiger charge is -2.15. The molecule has 82 valence electrons. The van der Waals surface area contributed by atoms with Gasteiger partial charge in [0.15, 0.2) is 0 Å². The smallest absolute Gasteiger partial charge is 0.227 e. The van der Waals surface area contributed by atoms with Gasteiger partial charge < -0.3 is 16.3 Å². The van der Waals surface area contributed by atoms with Gasteiger partial charge in [0.05, 0.1) is 6.42 Å². The third-order valence-electron chi connectivity index (χ3n) is 1.70. The molecule has 14 heavy (non-hydrogen) atoms. The van der Waals surface area contributed by atoms with Gasteiger partial charge in [-0.3, -0.25) is 4.79 Å². The van der Waals surface area contributed by atoms with Gasteiger partial charge in [0, 0.05) is 11.8 Å². The molecule has 0 aromatic rings. The van der Waals surface area contributed by atoms with Crippen LogP contribution in [-0.2, 0) is 4.79 Å². The van der Waals surface area contributed by atoms with Gasteiger partial charge in [-0.25, -0.2) is 0 Å². The van der Waals surface area contributed by atoms with Crippen molar-refractivity contribution in [1.29, 1.82) is 0 Å². The highest BCUT2D eigenvalue weighted by Gasteiger charge is 2.10. The van der Waals surface area contributed by atoms with Crippen molar-refractivity contribution in [3.05, 3.63) is 0 Å². The Kier molecular flexibility index (Phi) is 7.00. The van der Waals surface area contributed by atoms with Gasteiger partial charge >= 0.3 is 0 Å². The van der Waals surface area contributed by atoms with Crippen LogP contribution in [0.2, 0.25) is 0 Å². The number of thioether (sulfide) groups is 1. The molecule has 5 nitrogen and oxygen atoms in total. The van der Waals surface area contributed by atoms with E-state index in [-0.39, 0.29) is 24.2 Å². The largest absolute Gasteiger partial charge is 0.409 e. The molecular formula is C8H17N3O2S. The average molecular weight is 219 g/mol. The zero-order chi connectivity index (χ0) is 11.0. The first-order chi connectivity index (χ1) is 6.63. The first kappa shape index (κ1) is 13.1. The second kappa shape index (κ2) is 7.49. The minimum Gasteiger partial charge on any atom is -0.409 e. The van der Waals surface area contributed by atoms with Gasteiger partial charge in [0.25, 0.3) is 0 Å². The molecule has 0 aliphatic carbocycles. The standard InChI is InChI=1S/C8H17N3O2S/c1-3-6(5-14-2)10-8(12)4-7(9)11-13/h6,13H,3-5H2,1-2H3,(H2,9,11)(H,10,12). The fourth-order valence-corrected chi connectivity index (χ4v) is 1.66. The molecule has 4 N–H and O–H groups in total. The van der Waals surface area contributed by atoms with E-state index in [0.717, 1.165) is 12.2 Å². The maximum absolute atomic E-state index is 11.3. The van der Waals surface area contributed by atoms with Crippen LogP contribution in [0, 0.1) is 0 Å². The fraction of sp³-hybridized carbons (Fsp3) is 0.750. The van der Waals surface area contributed by atoms with Crippen LogP contribution in [0.15, 0.2) is 5.16 Å². The van der Waals surface area contributed by atoms with Gasteiger partial charge in [0.2, 0.25) is 5.91 Å². The Labute approximate surface area is 88.1 Å². The lowest BCUT2D eigenvalue weighted by molar-refractivity contribution is -0.120. The van der Waals surface area contributed by atoms with Crippen LogP contribution >= 0.6 is 11.8 Å². The highest BCUT2D eigenvalue weighted by molar-refractivity contribution is 7.98. The second-order valence-corrected chi connectivity index (χ2v) is 3.81. The molecule has 0 radical (unpaired) electrons. The number of amides is 1. The summed E-state index contributed by atoms with van der Waals surface area (Å²) in [6.45, 7) is 2.00. The Hall–Kier alpha value is -0.910. The summed E-state index contributed by atoms with van der Waals surface area (Å²) in [5, 5.41) is 13.8. The number of nitrogens with zero attached hydrogens (tertiary/aromatic N) is 1. The van der Waals surface area contributed by atoms with E-state index in [1.807, 2.05) is 13.2 Å². The van der Waals surface area contributed by atoms with Crippen LogP contribution in [0.5, 0.6) is 0 Å². The van der Waals surface area contributed by atoms with Gasteiger partial charge in [-0.15, -0.1) is 0 Å². The predicted molar refractivity (Wildman–Crippen MR) is 58.6 cm³/mol. The molecule has 0 saturated heterocycles. The maximum Gasteiger partial charge on any atom is 0.227 e. The number of nitrogens with one attached hydrogen (secondary N) is 1. The zero-order valence-electron chi connectivity index (χ0n) is 8.49. The summed E-state index contributed by atoms with van der Waals surface area (Å²) in [6.07, 6.45) is 2.81. The molecule has 0 saturated carbocycles. The van der Waals surface area contributed by atoms with E-state index in [1.165, 1.54) is 0 Å². The Balaban J connectivity index is 3.90. The molecule has 0 bridgehead atoms. The molecule has 0 rings (SSSR count). The lowest BCUT2D eigenvalue weighted by atomic mass is 10.2. The second-order valence-electron chi connectivity index (χ2n) is 2.90. The summed E-state index contributed by atoms with van der Waals surface area (Å²) in [5.41, 5.74) is 5.20. The number of hydrogen-bond acceptors (Lipinski definition) is 4. The number of nitrogens with two attached hydrogens (primary N) is 1. The van der Waals surface area contributed by atoms with E-state index in [2.05, 4.69) is 10.5 Å². The number of oxime groups is 1. The van der Waals surface area contributed by atoms with Crippen LogP contribution in [0.25, 0.3) is 0 Å². The van der Waals surface area contributed by atoms with E-state index >= 15 is 0 Å². The number of rotatable bonds is 6. The molecule has 1 unspecified atom stereocenters. The van der Waals surface area contributed by atoms with Gasteiger partial charge in [-0.2, -0.15) is 11.8 Å². The summed E-state index contributed by atoms with van der Waals surface area (Å²) >= 11 is 1.68. The number of hydrogen-bond donors (Lipinski definition) is 3. The predicted octanol–water partition coefficient (Wildman–Crippen LogP) is 0.381. The molecule has 0 fully saturated rings. The summed E-state index contributed by atoms with van der Waals surface area (Å²) in [5.74, 6) is 0.598. The van der Waals surface area contributed by atoms with Crippen molar-refractivity contribution < 1.29 is 10.0 Å². The zero-order valence-corrected chi connectivity index (χ0v) is 9.30. The van der Waals surface area contributed by atoms with E-state index in [1.54, 1.807) is 11.8 Å². The molecule has 6 heteroatoms. The van der Waals surface area contributed by atoms with Crippen LogP contribution < -0.4 is 11.1 Å². The maximum atomic E-state index is 11.3. The van der Waals surface area contributed by atoms with Crippen LogP contribution in [0.3, 0.4) is 0 Å². The van der Waals surface area contributed by atoms with Crippen LogP contribution in [0.4, 0.5) is 0 Å². The number of carbonyl (C=O) groups is 1. The average Bonchev–Trinajstić information content (AvgIpc) is 2.16. The molecule has 1 amide bonds. The summed E-state index contributed by atoms with van der Waals surface area (Å²) in [4.78, 5) is 11.3. The minimum atomic E-state index is -0.207. The number of carbonyl (C=O) groups excluding carboxylic acids is 1. The Morgan fingerprint density at radius 1 is 1.71 bits per heavy atom. The third kappa shape index (κ3) is 5.69. The quantitative estimate of drug-likeness (QED) is 0.261. The van der Waals surface area contributed by atoms with Gasteiger partial charge in [-0.05, 0) is 12.7 Å². The van der Waals surface area contributed by atoms with Crippen molar-refractivity contribution >= 4 is 23.5 Å². The molecule has 0 aromatic heterocycles. The van der Waals surface area contributed by atoms with E-state index in [4.69, 9.17) is 10.9 Å². The van der Waals surface area contributed by atoms with Crippen LogP contribution in [-0.4, -0.2) is 35.0 Å². The fourth-order valence-electron chi connectivity index (χ4n) is 0.941. The molecule has 0 aliphatic heterocycles. The Morgan fingerprint density at radius 2 is 2.36 bits per heavy atom. The monoisotopic (exact) mass is 219 g/mol. The summed E-state index contributed by atoms with van der Waals surface area (Å²) in [7, 11) is 0. The van der Waals surface area contributed by atoms with Crippen molar-refractivity contribution in [2.24, 2.45) is 10.9 Å². The van der Waals surface area contributed by atoms with Crippen molar-refractivity contribution in [3.63, 3.8) is 0 Å². The topological polar surface area (TPSA) is 87.7 Å². The van der Waals surface area contributed by atoms with E-state index < -0.39 is 0 Å². The highest BCUT2D eigenvalue weighted by atomic mass is 32.2. The van der Waals surface area contributed by atoms with Crippen molar-refractivity contribution in [2.45, 2.75) is 25.8 Å². The molecule has 0 spiro atoms. The van der Waals surface area contributed by atoms with Gasteiger partial charge in [0.1, 0.15) is 5.84 Å². The lowest BCUT2D eigenvalue weighted by Crippen LogP contribution is -2.38. The minimum absolute atomic E-state index is 0.0542. The van der Waals surface area contributed by atoms with Crippen molar-refractivity contribution in [2.75, 3.05) is 12.0 Å². The molecular weight excluding hydrogens is 202 g/mol. The third-order valence-corrected chi connectivity index (χ3v) is 2.43. The number of amidine groups is 1.